The molecular weight excluding hydrogens is 298 g/mol. The van der Waals surface area contributed by atoms with Crippen molar-refractivity contribution < 1.29 is 12.8 Å². The molecule has 1 atom stereocenters. The fourth-order valence-corrected chi connectivity index (χ4v) is 4.33. The lowest BCUT2D eigenvalue weighted by Gasteiger charge is -2.22. The van der Waals surface area contributed by atoms with Crippen LogP contribution >= 0.6 is 11.6 Å². The average molecular weight is 312 g/mol. The third-order valence-electron chi connectivity index (χ3n) is 3.50. The van der Waals surface area contributed by atoms with E-state index in [4.69, 9.17) is 16.0 Å². The lowest BCUT2D eigenvalue weighted by Crippen LogP contribution is -2.30. The molecule has 1 aliphatic rings. The molecule has 1 fully saturated rings. The third-order valence-corrected chi connectivity index (χ3v) is 5.67. The van der Waals surface area contributed by atoms with Crippen LogP contribution in [-0.4, -0.2) is 19.3 Å². The van der Waals surface area contributed by atoms with E-state index in [2.05, 4.69) is 0 Å². The van der Waals surface area contributed by atoms with Gasteiger partial charge in [0, 0.05) is 11.6 Å². The maximum Gasteiger partial charge on any atom is 0.243 e. The summed E-state index contributed by atoms with van der Waals surface area (Å²) in [6.45, 7) is 0.510. The summed E-state index contributed by atoms with van der Waals surface area (Å²) in [7, 11) is -3.52. The minimum atomic E-state index is -3.52. The van der Waals surface area contributed by atoms with Crippen LogP contribution < -0.4 is 0 Å². The first-order chi connectivity index (χ1) is 9.59. The van der Waals surface area contributed by atoms with Gasteiger partial charge in [0.05, 0.1) is 17.2 Å². The Labute approximate surface area is 123 Å². The van der Waals surface area contributed by atoms with Crippen molar-refractivity contribution in [3.8, 4) is 0 Å². The van der Waals surface area contributed by atoms with Gasteiger partial charge in [0.1, 0.15) is 5.76 Å². The average Bonchev–Trinajstić information content (AvgIpc) is 3.10. The van der Waals surface area contributed by atoms with E-state index in [1.165, 1.54) is 16.4 Å². The van der Waals surface area contributed by atoms with E-state index in [1.54, 1.807) is 24.5 Å². The number of sulfonamides is 1. The second kappa shape index (κ2) is 5.24. The molecule has 0 bridgehead atoms. The summed E-state index contributed by atoms with van der Waals surface area (Å²) < 4.78 is 32.3. The summed E-state index contributed by atoms with van der Waals surface area (Å²) in [5.41, 5.74) is 0. The highest BCUT2D eigenvalue weighted by atomic mass is 35.5. The maximum atomic E-state index is 12.7. The zero-order chi connectivity index (χ0) is 14.2. The Kier molecular flexibility index (Phi) is 3.58. The fraction of sp³-hybridized carbons (Fsp3) is 0.286. The molecular formula is C14H14ClNO3S. The highest BCUT2D eigenvalue weighted by Gasteiger charge is 2.37. The predicted octanol–water partition coefficient (Wildman–Crippen LogP) is 3.46. The first-order valence-corrected chi connectivity index (χ1v) is 8.21. The number of hydrogen-bond donors (Lipinski definition) is 0. The lowest BCUT2D eigenvalue weighted by atomic mass is 10.2. The molecule has 4 nitrogen and oxygen atoms in total. The molecule has 6 heteroatoms. The van der Waals surface area contributed by atoms with Crippen LogP contribution in [0.3, 0.4) is 0 Å². The van der Waals surface area contributed by atoms with E-state index >= 15 is 0 Å². The highest BCUT2D eigenvalue weighted by molar-refractivity contribution is 7.89. The molecule has 1 saturated heterocycles. The van der Waals surface area contributed by atoms with Crippen LogP contribution in [0.2, 0.25) is 5.02 Å². The fourth-order valence-electron chi connectivity index (χ4n) is 2.54. The molecule has 1 aliphatic heterocycles. The van der Waals surface area contributed by atoms with Gasteiger partial charge in [-0.25, -0.2) is 8.42 Å². The Morgan fingerprint density at radius 1 is 1.20 bits per heavy atom. The number of furan rings is 1. The summed E-state index contributed by atoms with van der Waals surface area (Å²) in [6.07, 6.45) is 3.18. The van der Waals surface area contributed by atoms with Crippen molar-refractivity contribution in [1.29, 1.82) is 0 Å². The minimum Gasteiger partial charge on any atom is -0.468 e. The lowest BCUT2D eigenvalue weighted by molar-refractivity contribution is 0.340. The van der Waals surface area contributed by atoms with Gasteiger partial charge in [-0.1, -0.05) is 11.6 Å². The van der Waals surface area contributed by atoms with Gasteiger partial charge in [-0.2, -0.15) is 4.31 Å². The van der Waals surface area contributed by atoms with Gasteiger partial charge in [-0.3, -0.25) is 0 Å². The number of rotatable bonds is 3. The van der Waals surface area contributed by atoms with Crippen molar-refractivity contribution in [2.24, 2.45) is 0 Å². The molecule has 1 aromatic carbocycles. The van der Waals surface area contributed by atoms with E-state index in [-0.39, 0.29) is 10.9 Å². The van der Waals surface area contributed by atoms with Crippen LogP contribution in [0.5, 0.6) is 0 Å². The molecule has 0 N–H and O–H groups in total. The van der Waals surface area contributed by atoms with Crippen LogP contribution in [0.4, 0.5) is 0 Å². The molecule has 20 heavy (non-hydrogen) atoms. The largest absolute Gasteiger partial charge is 0.468 e. The molecule has 106 valence electrons. The number of hydrogen-bond acceptors (Lipinski definition) is 3. The monoisotopic (exact) mass is 311 g/mol. The van der Waals surface area contributed by atoms with Crippen molar-refractivity contribution in [2.45, 2.75) is 23.8 Å². The maximum absolute atomic E-state index is 12.7. The second-order valence-corrected chi connectivity index (χ2v) is 7.07. The normalized spacial score (nSPS) is 20.4. The van der Waals surface area contributed by atoms with E-state index in [1.807, 2.05) is 6.07 Å². The molecule has 3 rings (SSSR count). The zero-order valence-electron chi connectivity index (χ0n) is 10.7. The molecule has 0 spiro atoms. The smallest absolute Gasteiger partial charge is 0.243 e. The van der Waals surface area contributed by atoms with Crippen LogP contribution in [0.25, 0.3) is 0 Å². The number of halogens is 1. The Morgan fingerprint density at radius 2 is 1.95 bits per heavy atom. The van der Waals surface area contributed by atoms with E-state index in [0.29, 0.717) is 17.3 Å². The molecule has 2 heterocycles. The van der Waals surface area contributed by atoms with Gasteiger partial charge in [-0.15, -0.1) is 0 Å². The summed E-state index contributed by atoms with van der Waals surface area (Å²) in [6, 6.07) is 9.63. The van der Waals surface area contributed by atoms with Gasteiger partial charge in [0.25, 0.3) is 0 Å². The van der Waals surface area contributed by atoms with E-state index in [0.717, 1.165) is 12.8 Å². The Balaban J connectivity index is 1.96. The van der Waals surface area contributed by atoms with Crippen LogP contribution in [-0.2, 0) is 10.0 Å². The molecule has 0 unspecified atom stereocenters. The molecule has 0 radical (unpaired) electrons. The summed E-state index contributed by atoms with van der Waals surface area (Å²) >= 11 is 5.81. The first-order valence-electron chi connectivity index (χ1n) is 6.40. The first kappa shape index (κ1) is 13.7. The van der Waals surface area contributed by atoms with Gasteiger partial charge in [0.2, 0.25) is 10.0 Å². The van der Waals surface area contributed by atoms with Crippen molar-refractivity contribution >= 4 is 21.6 Å². The van der Waals surface area contributed by atoms with Gasteiger partial charge in [-0.05, 0) is 49.2 Å². The Morgan fingerprint density at radius 3 is 2.60 bits per heavy atom. The van der Waals surface area contributed by atoms with Crippen molar-refractivity contribution in [2.75, 3.05) is 6.54 Å². The molecule has 0 saturated carbocycles. The number of nitrogens with zero attached hydrogens (tertiary/aromatic N) is 1. The summed E-state index contributed by atoms with van der Waals surface area (Å²) in [5.74, 6) is 0.694. The topological polar surface area (TPSA) is 50.5 Å². The van der Waals surface area contributed by atoms with Crippen LogP contribution in [0.1, 0.15) is 24.6 Å². The Bertz CT molecular complexity index is 680. The summed E-state index contributed by atoms with van der Waals surface area (Å²) in [4.78, 5) is 0.264. The summed E-state index contributed by atoms with van der Waals surface area (Å²) in [5, 5.41) is 0.521. The quantitative estimate of drug-likeness (QED) is 0.872. The van der Waals surface area contributed by atoms with Crippen LogP contribution in [0.15, 0.2) is 52.0 Å². The third kappa shape index (κ3) is 2.37. The van der Waals surface area contributed by atoms with E-state index in [9.17, 15) is 8.42 Å². The Hall–Kier alpha value is -1.30. The van der Waals surface area contributed by atoms with Crippen molar-refractivity contribution in [3.05, 3.63) is 53.4 Å². The standard InChI is InChI=1S/C14H14ClNO3S/c15-11-5-7-12(8-6-11)20(17,18)16-9-1-3-13(16)14-4-2-10-19-14/h2,4-8,10,13H,1,3,9H2/t13-/m1/s1. The zero-order valence-corrected chi connectivity index (χ0v) is 12.3. The minimum absolute atomic E-state index is 0.217. The molecule has 0 amide bonds. The number of benzene rings is 1. The SMILES string of the molecule is O=S(=O)(c1ccc(Cl)cc1)N1CCC[C@@H]1c1ccco1. The highest BCUT2D eigenvalue weighted by Crippen LogP contribution is 2.36. The van der Waals surface area contributed by atoms with Crippen LogP contribution in [0, 0.1) is 0 Å². The molecule has 1 aromatic heterocycles. The van der Waals surface area contributed by atoms with Gasteiger partial charge < -0.3 is 4.42 Å². The molecule has 0 aliphatic carbocycles. The van der Waals surface area contributed by atoms with E-state index < -0.39 is 10.0 Å². The van der Waals surface area contributed by atoms with Crippen molar-refractivity contribution in [1.82, 2.24) is 4.31 Å². The van der Waals surface area contributed by atoms with Gasteiger partial charge in [0.15, 0.2) is 0 Å². The van der Waals surface area contributed by atoms with Crippen molar-refractivity contribution in [3.63, 3.8) is 0 Å². The molecule has 2 aromatic rings. The predicted molar refractivity (Wildman–Crippen MR) is 76.0 cm³/mol. The second-order valence-electron chi connectivity index (χ2n) is 4.74. The van der Waals surface area contributed by atoms with Gasteiger partial charge >= 0.3 is 0 Å².